The quantitative estimate of drug-likeness (QED) is 0.582. The second-order valence-corrected chi connectivity index (χ2v) is 9.08. The number of ether oxygens (including phenoxy) is 1. The smallest absolute Gasteiger partial charge is 0.184 e. The van der Waals surface area contributed by atoms with Crippen LogP contribution in [-0.2, 0) is 6.42 Å². The van der Waals surface area contributed by atoms with E-state index < -0.39 is 12.2 Å². The first-order chi connectivity index (χ1) is 14.6. The number of methoxy groups -OCH3 is 1. The molecule has 1 fully saturated rings. The normalized spacial score (nSPS) is 25.4. The Balaban J connectivity index is 1.32. The number of aliphatic hydroxyl groups is 2. The minimum atomic E-state index is -0.750. The summed E-state index contributed by atoms with van der Waals surface area (Å²) in [5.74, 6) is 0.850. The van der Waals surface area contributed by atoms with Gasteiger partial charge in [-0.1, -0.05) is 23.5 Å². The second-order valence-electron chi connectivity index (χ2n) is 8.05. The molecule has 1 aliphatic heterocycles. The van der Waals surface area contributed by atoms with Crippen LogP contribution in [0, 0.1) is 0 Å². The van der Waals surface area contributed by atoms with Gasteiger partial charge >= 0.3 is 0 Å². The molecule has 2 aliphatic rings. The molecule has 0 radical (unpaired) electrons. The van der Waals surface area contributed by atoms with Crippen LogP contribution in [0.3, 0.4) is 0 Å². The molecule has 0 spiro atoms. The van der Waals surface area contributed by atoms with Gasteiger partial charge in [-0.3, -0.25) is 4.99 Å². The molecule has 4 atom stereocenters. The van der Waals surface area contributed by atoms with Crippen molar-refractivity contribution in [2.24, 2.45) is 4.99 Å². The number of nitrogens with one attached hydrogen (secondary N) is 1. The number of thiazole rings is 1. The van der Waals surface area contributed by atoms with E-state index in [1.165, 1.54) is 11.1 Å². The molecule has 5 rings (SSSR count). The zero-order valence-electron chi connectivity index (χ0n) is 16.8. The topological polar surface area (TPSA) is 87.0 Å². The van der Waals surface area contributed by atoms with Gasteiger partial charge in [0, 0.05) is 11.8 Å². The van der Waals surface area contributed by atoms with E-state index in [0.29, 0.717) is 6.42 Å². The van der Waals surface area contributed by atoms with E-state index in [1.807, 2.05) is 24.4 Å². The number of aliphatic hydroxyl groups excluding tert-OH is 2. The van der Waals surface area contributed by atoms with Crippen molar-refractivity contribution in [3.05, 3.63) is 53.1 Å². The van der Waals surface area contributed by atoms with Gasteiger partial charge in [-0.2, -0.15) is 0 Å². The molecule has 1 aliphatic carbocycles. The minimum absolute atomic E-state index is 0.118. The highest BCUT2D eigenvalue weighted by Crippen LogP contribution is 2.34. The first-order valence-electron chi connectivity index (χ1n) is 10.3. The highest BCUT2D eigenvalue weighted by Gasteiger charge is 2.31. The SMILES string of the molecule is COc1ccc2c(c1)C=NC2Cc1ccc2nc(N[C@@H]3CCC[C@@H](O)[C@H]3O)sc2c1. The Bertz CT molecular complexity index is 1100. The average Bonchev–Trinajstić information content (AvgIpc) is 3.34. The van der Waals surface area contributed by atoms with Gasteiger partial charge in [-0.25, -0.2) is 4.98 Å². The van der Waals surface area contributed by atoms with Crippen LogP contribution in [0.15, 0.2) is 41.4 Å². The van der Waals surface area contributed by atoms with Crippen LogP contribution in [0.4, 0.5) is 5.13 Å². The maximum atomic E-state index is 10.2. The molecule has 30 heavy (non-hydrogen) atoms. The molecular formula is C23H25N3O3S. The molecule has 0 saturated heterocycles. The largest absolute Gasteiger partial charge is 0.497 e. The number of rotatable bonds is 5. The van der Waals surface area contributed by atoms with Crippen molar-refractivity contribution < 1.29 is 14.9 Å². The van der Waals surface area contributed by atoms with Gasteiger partial charge in [-0.15, -0.1) is 0 Å². The summed E-state index contributed by atoms with van der Waals surface area (Å²) >= 11 is 1.59. The van der Waals surface area contributed by atoms with Crippen LogP contribution >= 0.6 is 11.3 Å². The first kappa shape index (κ1) is 19.5. The number of fused-ring (bicyclic) bond motifs is 2. The third-order valence-corrected chi connectivity index (χ3v) is 7.01. The minimum Gasteiger partial charge on any atom is -0.497 e. The number of benzene rings is 2. The molecule has 3 aromatic rings. The van der Waals surface area contributed by atoms with E-state index >= 15 is 0 Å². The van der Waals surface area contributed by atoms with Gasteiger partial charge in [0.2, 0.25) is 0 Å². The van der Waals surface area contributed by atoms with Crippen molar-refractivity contribution in [3.63, 3.8) is 0 Å². The highest BCUT2D eigenvalue weighted by atomic mass is 32.1. The van der Waals surface area contributed by atoms with Crippen molar-refractivity contribution in [2.75, 3.05) is 12.4 Å². The second kappa shape index (κ2) is 7.98. The molecule has 2 aromatic carbocycles. The summed E-state index contributed by atoms with van der Waals surface area (Å²) in [6.45, 7) is 0. The summed E-state index contributed by atoms with van der Waals surface area (Å²) in [6, 6.07) is 12.4. The zero-order valence-corrected chi connectivity index (χ0v) is 17.6. The van der Waals surface area contributed by atoms with Crippen molar-refractivity contribution >= 4 is 32.9 Å². The van der Waals surface area contributed by atoms with Gasteiger partial charge in [0.25, 0.3) is 0 Å². The van der Waals surface area contributed by atoms with Crippen LogP contribution < -0.4 is 10.1 Å². The molecule has 0 bridgehead atoms. The lowest BCUT2D eigenvalue weighted by molar-refractivity contribution is -0.0161. The number of anilines is 1. The molecule has 1 saturated carbocycles. The lowest BCUT2D eigenvalue weighted by Crippen LogP contribution is -2.45. The lowest BCUT2D eigenvalue weighted by atomic mass is 9.90. The third-order valence-electron chi connectivity index (χ3n) is 6.06. The van der Waals surface area contributed by atoms with Crippen LogP contribution in [-0.4, -0.2) is 46.8 Å². The van der Waals surface area contributed by atoms with Crippen LogP contribution in [0.5, 0.6) is 5.75 Å². The molecule has 3 N–H and O–H groups in total. The van der Waals surface area contributed by atoms with E-state index in [0.717, 1.165) is 45.9 Å². The molecule has 7 heteroatoms. The number of nitrogens with zero attached hydrogens (tertiary/aromatic N) is 2. The van der Waals surface area contributed by atoms with Crippen LogP contribution in [0.25, 0.3) is 10.2 Å². The summed E-state index contributed by atoms with van der Waals surface area (Å²) in [5, 5.41) is 24.3. The predicted molar refractivity (Wildman–Crippen MR) is 120 cm³/mol. The zero-order chi connectivity index (χ0) is 20.7. The van der Waals surface area contributed by atoms with Gasteiger partial charge < -0.3 is 20.3 Å². The van der Waals surface area contributed by atoms with Gasteiger partial charge in [0.05, 0.1) is 41.6 Å². The van der Waals surface area contributed by atoms with E-state index in [2.05, 4.69) is 28.5 Å². The highest BCUT2D eigenvalue weighted by molar-refractivity contribution is 7.22. The first-order valence-corrected chi connectivity index (χ1v) is 11.2. The maximum absolute atomic E-state index is 10.2. The Morgan fingerprint density at radius 3 is 2.93 bits per heavy atom. The Morgan fingerprint density at radius 1 is 1.17 bits per heavy atom. The van der Waals surface area contributed by atoms with Crippen molar-refractivity contribution in [1.29, 1.82) is 0 Å². The van der Waals surface area contributed by atoms with Gasteiger partial charge in [0.15, 0.2) is 5.13 Å². The monoisotopic (exact) mass is 423 g/mol. The molecule has 1 aromatic heterocycles. The third kappa shape index (κ3) is 3.69. The standard InChI is InChI=1S/C23H25N3O3S/c1-29-15-6-7-16-14(11-15)12-24-19(16)9-13-5-8-17-21(10-13)30-23(25-17)26-18-3-2-4-20(27)22(18)28/h5-8,10-12,18-20,22,27-28H,2-4,9H2,1H3,(H,25,26)/t18-,19?,20-,22+/m1/s1. The molecule has 1 unspecified atom stereocenters. The Hall–Kier alpha value is -2.48. The molecule has 6 nitrogen and oxygen atoms in total. The predicted octanol–water partition coefficient (Wildman–Crippen LogP) is 3.71. The van der Waals surface area contributed by atoms with E-state index in [9.17, 15) is 10.2 Å². The van der Waals surface area contributed by atoms with Crippen molar-refractivity contribution in [3.8, 4) is 5.75 Å². The van der Waals surface area contributed by atoms with Crippen molar-refractivity contribution in [2.45, 2.75) is 50.0 Å². The number of aromatic nitrogens is 1. The molecule has 2 heterocycles. The van der Waals surface area contributed by atoms with Crippen molar-refractivity contribution in [1.82, 2.24) is 4.98 Å². The Kier molecular flexibility index (Phi) is 5.18. The summed E-state index contributed by atoms with van der Waals surface area (Å²) in [7, 11) is 1.68. The Labute approximate surface area is 179 Å². The number of hydrogen-bond donors (Lipinski definition) is 3. The molecule has 156 valence electrons. The summed E-state index contributed by atoms with van der Waals surface area (Å²) in [5.41, 5.74) is 4.51. The summed E-state index contributed by atoms with van der Waals surface area (Å²) in [6.07, 6.45) is 3.75. The van der Waals surface area contributed by atoms with E-state index in [1.54, 1.807) is 18.4 Å². The van der Waals surface area contributed by atoms with E-state index in [4.69, 9.17) is 9.73 Å². The molecule has 0 amide bonds. The fourth-order valence-electron chi connectivity index (χ4n) is 4.36. The van der Waals surface area contributed by atoms with E-state index in [-0.39, 0.29) is 12.1 Å². The number of aliphatic imine (C=N–C) groups is 1. The average molecular weight is 424 g/mol. The summed E-state index contributed by atoms with van der Waals surface area (Å²) < 4.78 is 6.42. The fraction of sp³-hybridized carbons (Fsp3) is 0.391. The Morgan fingerprint density at radius 2 is 2.07 bits per heavy atom. The van der Waals surface area contributed by atoms with Gasteiger partial charge in [0.1, 0.15) is 5.75 Å². The van der Waals surface area contributed by atoms with Gasteiger partial charge in [-0.05, 0) is 61.1 Å². The fourth-order valence-corrected chi connectivity index (χ4v) is 5.35. The number of hydrogen-bond acceptors (Lipinski definition) is 7. The van der Waals surface area contributed by atoms with Crippen LogP contribution in [0.1, 0.15) is 42.0 Å². The van der Waals surface area contributed by atoms with Crippen LogP contribution in [0.2, 0.25) is 0 Å². The summed E-state index contributed by atoms with van der Waals surface area (Å²) in [4.78, 5) is 9.36. The lowest BCUT2D eigenvalue weighted by Gasteiger charge is -2.32. The molecular weight excluding hydrogens is 398 g/mol. The maximum Gasteiger partial charge on any atom is 0.184 e.